The number of cyclic esters (lactones) is 1. The zero-order valence-electron chi connectivity index (χ0n) is 10.5. The molecule has 1 aromatic rings. The van der Waals surface area contributed by atoms with Crippen LogP contribution in [-0.4, -0.2) is 33.9 Å². The third-order valence-electron chi connectivity index (χ3n) is 3.30. The van der Waals surface area contributed by atoms with Crippen molar-refractivity contribution in [1.29, 1.82) is 0 Å². The molecule has 1 saturated heterocycles. The molecule has 1 fully saturated rings. The normalized spacial score (nSPS) is 27.8. The molecule has 94 valence electrons. The van der Waals surface area contributed by atoms with Crippen LogP contribution in [0.4, 0.5) is 0 Å². The number of esters is 1. The number of carbonyl (C=O) groups excluding carboxylic acids is 1. The lowest BCUT2D eigenvalue weighted by molar-refractivity contribution is -0.142. The average molecular weight is 237 g/mol. The van der Waals surface area contributed by atoms with E-state index in [0.717, 1.165) is 6.42 Å². The number of hydrogen-bond donors (Lipinski definition) is 1. The van der Waals surface area contributed by atoms with E-state index in [1.54, 1.807) is 6.20 Å². The van der Waals surface area contributed by atoms with Gasteiger partial charge in [0.1, 0.15) is 12.1 Å². The molecule has 1 aliphatic rings. The average Bonchev–Trinajstić information content (AvgIpc) is 2.88. The first kappa shape index (κ1) is 12.1. The summed E-state index contributed by atoms with van der Waals surface area (Å²) in [6, 6.07) is 2.08. The number of hydrogen-bond acceptors (Lipinski definition) is 4. The van der Waals surface area contributed by atoms with Crippen LogP contribution in [0.1, 0.15) is 33.2 Å². The Morgan fingerprint density at radius 1 is 1.59 bits per heavy atom. The van der Waals surface area contributed by atoms with Crippen LogP contribution in [0.2, 0.25) is 0 Å². The maximum atomic E-state index is 11.5. The second-order valence-corrected chi connectivity index (χ2v) is 4.72. The first-order chi connectivity index (χ1) is 8.08. The molecule has 1 aliphatic heterocycles. The second-order valence-electron chi connectivity index (χ2n) is 4.72. The van der Waals surface area contributed by atoms with Gasteiger partial charge in [0, 0.05) is 24.9 Å². The lowest BCUT2D eigenvalue weighted by Crippen LogP contribution is -2.43. The minimum atomic E-state index is -0.182. The number of ether oxygens (including phenoxy) is 1. The first-order valence-electron chi connectivity index (χ1n) is 6.03. The summed E-state index contributed by atoms with van der Waals surface area (Å²) in [6.07, 6.45) is 4.45. The predicted octanol–water partition coefficient (Wildman–Crippen LogP) is 1.13. The molecule has 0 saturated carbocycles. The van der Waals surface area contributed by atoms with Gasteiger partial charge in [0.15, 0.2) is 0 Å². The Kier molecular flexibility index (Phi) is 3.47. The molecule has 0 aromatic carbocycles. The third kappa shape index (κ3) is 2.66. The van der Waals surface area contributed by atoms with E-state index in [4.69, 9.17) is 4.74 Å². The van der Waals surface area contributed by atoms with Gasteiger partial charge in [-0.3, -0.25) is 14.8 Å². The standard InChI is InChI=1S/C12H19N3O2/c1-8-7-11(12(16)17-8)14-9(2)10(3)15-6-4-5-13-15/h4-6,8-11,14H,7H2,1-3H3/t8-,9-,10-,11+/m1/s1. The van der Waals surface area contributed by atoms with Gasteiger partial charge in [0.05, 0.1) is 6.04 Å². The highest BCUT2D eigenvalue weighted by atomic mass is 16.6. The van der Waals surface area contributed by atoms with Crippen LogP contribution >= 0.6 is 0 Å². The van der Waals surface area contributed by atoms with Gasteiger partial charge in [-0.05, 0) is 26.8 Å². The van der Waals surface area contributed by atoms with Crippen LogP contribution in [0.3, 0.4) is 0 Å². The highest BCUT2D eigenvalue weighted by molar-refractivity contribution is 5.77. The van der Waals surface area contributed by atoms with E-state index in [0.29, 0.717) is 0 Å². The predicted molar refractivity (Wildman–Crippen MR) is 63.5 cm³/mol. The summed E-state index contributed by atoms with van der Waals surface area (Å²) in [7, 11) is 0. The molecule has 0 unspecified atom stereocenters. The Labute approximate surface area is 101 Å². The first-order valence-corrected chi connectivity index (χ1v) is 6.03. The summed E-state index contributed by atoms with van der Waals surface area (Å²) in [5.74, 6) is -0.142. The zero-order chi connectivity index (χ0) is 12.4. The fourth-order valence-corrected chi connectivity index (χ4v) is 2.10. The van der Waals surface area contributed by atoms with Crippen LogP contribution in [0.5, 0.6) is 0 Å². The number of nitrogens with zero attached hydrogens (tertiary/aromatic N) is 2. The smallest absolute Gasteiger partial charge is 0.323 e. The van der Waals surface area contributed by atoms with E-state index in [1.807, 2.05) is 23.9 Å². The van der Waals surface area contributed by atoms with E-state index < -0.39 is 0 Å². The molecular weight excluding hydrogens is 218 g/mol. The highest BCUT2D eigenvalue weighted by Crippen LogP contribution is 2.17. The summed E-state index contributed by atoms with van der Waals surface area (Å²) < 4.78 is 7.01. The van der Waals surface area contributed by atoms with E-state index in [9.17, 15) is 4.79 Å². The van der Waals surface area contributed by atoms with Crippen LogP contribution in [0.25, 0.3) is 0 Å². The lowest BCUT2D eigenvalue weighted by Gasteiger charge is -2.23. The Hall–Kier alpha value is -1.36. The van der Waals surface area contributed by atoms with Gasteiger partial charge in [0.25, 0.3) is 0 Å². The molecule has 0 amide bonds. The molecule has 2 heterocycles. The largest absolute Gasteiger partial charge is 0.461 e. The van der Waals surface area contributed by atoms with Gasteiger partial charge in [-0.15, -0.1) is 0 Å². The maximum absolute atomic E-state index is 11.5. The third-order valence-corrected chi connectivity index (χ3v) is 3.30. The number of rotatable bonds is 4. The van der Waals surface area contributed by atoms with Crippen molar-refractivity contribution >= 4 is 5.97 Å². The van der Waals surface area contributed by atoms with Crippen LogP contribution in [0, 0.1) is 0 Å². The van der Waals surface area contributed by atoms with Crippen molar-refractivity contribution in [3.8, 4) is 0 Å². The van der Waals surface area contributed by atoms with Crippen molar-refractivity contribution in [1.82, 2.24) is 15.1 Å². The van der Waals surface area contributed by atoms with Crippen molar-refractivity contribution in [3.05, 3.63) is 18.5 Å². The Balaban J connectivity index is 1.93. The van der Waals surface area contributed by atoms with Gasteiger partial charge in [-0.25, -0.2) is 0 Å². The zero-order valence-corrected chi connectivity index (χ0v) is 10.5. The van der Waals surface area contributed by atoms with Gasteiger partial charge in [-0.1, -0.05) is 0 Å². The lowest BCUT2D eigenvalue weighted by atomic mass is 10.1. The number of aromatic nitrogens is 2. The van der Waals surface area contributed by atoms with Crippen LogP contribution in [-0.2, 0) is 9.53 Å². The Bertz CT molecular complexity index is 377. The van der Waals surface area contributed by atoms with Crippen molar-refractivity contribution in [2.45, 2.75) is 51.4 Å². The van der Waals surface area contributed by atoms with Crippen molar-refractivity contribution in [2.75, 3.05) is 0 Å². The van der Waals surface area contributed by atoms with E-state index in [-0.39, 0.29) is 30.2 Å². The van der Waals surface area contributed by atoms with E-state index >= 15 is 0 Å². The fraction of sp³-hybridized carbons (Fsp3) is 0.667. The summed E-state index contributed by atoms with van der Waals surface area (Å²) in [5, 5.41) is 7.52. The Morgan fingerprint density at radius 2 is 2.35 bits per heavy atom. The van der Waals surface area contributed by atoms with Crippen molar-refractivity contribution in [2.24, 2.45) is 0 Å². The van der Waals surface area contributed by atoms with Crippen LogP contribution in [0.15, 0.2) is 18.5 Å². The van der Waals surface area contributed by atoms with Gasteiger partial charge in [-0.2, -0.15) is 5.10 Å². The van der Waals surface area contributed by atoms with Crippen molar-refractivity contribution in [3.63, 3.8) is 0 Å². The van der Waals surface area contributed by atoms with Gasteiger partial charge >= 0.3 is 5.97 Å². The summed E-state index contributed by atoms with van der Waals surface area (Å²) in [6.45, 7) is 6.05. The second kappa shape index (κ2) is 4.87. The SMILES string of the molecule is C[C@@H]1C[C@H](N[C@H](C)[C@@H](C)n2cccn2)C(=O)O1. The molecule has 0 aliphatic carbocycles. The number of nitrogens with one attached hydrogen (secondary N) is 1. The van der Waals surface area contributed by atoms with E-state index in [2.05, 4.69) is 24.3 Å². The van der Waals surface area contributed by atoms with E-state index in [1.165, 1.54) is 0 Å². The van der Waals surface area contributed by atoms with Gasteiger partial charge in [0.2, 0.25) is 0 Å². The molecule has 17 heavy (non-hydrogen) atoms. The van der Waals surface area contributed by atoms with Crippen LogP contribution < -0.4 is 5.32 Å². The highest BCUT2D eigenvalue weighted by Gasteiger charge is 2.33. The Morgan fingerprint density at radius 3 is 2.88 bits per heavy atom. The van der Waals surface area contributed by atoms with Crippen molar-refractivity contribution < 1.29 is 9.53 Å². The fourth-order valence-electron chi connectivity index (χ4n) is 2.10. The molecular formula is C12H19N3O2. The molecule has 1 aromatic heterocycles. The molecule has 5 heteroatoms. The summed E-state index contributed by atoms with van der Waals surface area (Å²) >= 11 is 0. The molecule has 0 spiro atoms. The molecule has 0 bridgehead atoms. The molecule has 0 radical (unpaired) electrons. The van der Waals surface area contributed by atoms with Gasteiger partial charge < -0.3 is 4.74 Å². The quantitative estimate of drug-likeness (QED) is 0.797. The molecule has 4 atom stereocenters. The molecule has 1 N–H and O–H groups in total. The minimum absolute atomic E-state index is 0.0206. The molecule has 2 rings (SSSR count). The maximum Gasteiger partial charge on any atom is 0.323 e. The topological polar surface area (TPSA) is 56.2 Å². The number of carbonyl (C=O) groups is 1. The minimum Gasteiger partial charge on any atom is -0.461 e. The molecule has 5 nitrogen and oxygen atoms in total. The summed E-state index contributed by atoms with van der Waals surface area (Å²) in [4.78, 5) is 11.5. The summed E-state index contributed by atoms with van der Waals surface area (Å²) in [5.41, 5.74) is 0. The monoisotopic (exact) mass is 237 g/mol.